The Morgan fingerprint density at radius 2 is 1.90 bits per heavy atom. The van der Waals surface area contributed by atoms with Gasteiger partial charge in [-0.1, -0.05) is 62.6 Å². The summed E-state index contributed by atoms with van der Waals surface area (Å²) in [4.78, 5) is 0. The molecular weight excluding hydrogens is 270 g/mol. The summed E-state index contributed by atoms with van der Waals surface area (Å²) in [6.45, 7) is 4.66. The van der Waals surface area contributed by atoms with Gasteiger partial charge in [0.25, 0.3) is 0 Å². The van der Waals surface area contributed by atoms with Crippen molar-refractivity contribution in [1.29, 1.82) is 0 Å². The van der Waals surface area contributed by atoms with Gasteiger partial charge in [-0.05, 0) is 18.3 Å². The van der Waals surface area contributed by atoms with Crippen molar-refractivity contribution in [3.63, 3.8) is 0 Å². The van der Waals surface area contributed by atoms with Crippen LogP contribution in [0.25, 0.3) is 10.8 Å². The molecule has 4 heteroatoms. The fourth-order valence-electron chi connectivity index (χ4n) is 3.10. The lowest BCUT2D eigenvalue weighted by molar-refractivity contribution is 0.216. The SMILES string of the molecule is CC1(C)CCCCC1Nc1nnc(Cl)c2ccccc12. The van der Waals surface area contributed by atoms with Crippen LogP contribution in [-0.2, 0) is 0 Å². The van der Waals surface area contributed by atoms with Crippen LogP contribution in [0.2, 0.25) is 5.15 Å². The molecular formula is C16H20ClN3. The van der Waals surface area contributed by atoms with Crippen LogP contribution in [0.5, 0.6) is 0 Å². The van der Waals surface area contributed by atoms with Crippen molar-refractivity contribution >= 4 is 28.2 Å². The molecule has 1 aliphatic rings. The summed E-state index contributed by atoms with van der Waals surface area (Å²) in [6, 6.07) is 8.47. The third-order valence-electron chi connectivity index (χ3n) is 4.46. The first-order chi connectivity index (χ1) is 9.58. The van der Waals surface area contributed by atoms with E-state index in [1.54, 1.807) is 0 Å². The Hall–Kier alpha value is -1.35. The van der Waals surface area contributed by atoms with E-state index >= 15 is 0 Å². The maximum atomic E-state index is 6.13. The number of rotatable bonds is 2. The molecule has 1 aromatic heterocycles. The van der Waals surface area contributed by atoms with Gasteiger partial charge in [-0.25, -0.2) is 0 Å². The summed E-state index contributed by atoms with van der Waals surface area (Å²) in [5, 5.41) is 14.4. The lowest BCUT2D eigenvalue weighted by Gasteiger charge is -2.39. The highest BCUT2D eigenvalue weighted by molar-refractivity contribution is 6.34. The molecule has 106 valence electrons. The van der Waals surface area contributed by atoms with E-state index in [2.05, 4.69) is 29.4 Å². The summed E-state index contributed by atoms with van der Waals surface area (Å²) in [7, 11) is 0. The first-order valence-corrected chi connectivity index (χ1v) is 7.63. The molecule has 1 aromatic carbocycles. The second-order valence-electron chi connectivity index (χ2n) is 6.32. The molecule has 0 spiro atoms. The molecule has 0 radical (unpaired) electrons. The fraction of sp³-hybridized carbons (Fsp3) is 0.500. The molecule has 20 heavy (non-hydrogen) atoms. The molecule has 0 bridgehead atoms. The van der Waals surface area contributed by atoms with Gasteiger partial charge < -0.3 is 5.32 Å². The van der Waals surface area contributed by atoms with Crippen molar-refractivity contribution in [3.8, 4) is 0 Å². The molecule has 1 saturated carbocycles. The minimum Gasteiger partial charge on any atom is -0.365 e. The van der Waals surface area contributed by atoms with Gasteiger partial charge in [0.15, 0.2) is 11.0 Å². The zero-order chi connectivity index (χ0) is 14.2. The lowest BCUT2D eigenvalue weighted by Crippen LogP contribution is -2.39. The Labute approximate surface area is 124 Å². The molecule has 1 atom stereocenters. The van der Waals surface area contributed by atoms with Crippen LogP contribution < -0.4 is 5.32 Å². The average molecular weight is 290 g/mol. The number of hydrogen-bond donors (Lipinski definition) is 1. The van der Waals surface area contributed by atoms with E-state index in [-0.39, 0.29) is 0 Å². The van der Waals surface area contributed by atoms with E-state index in [0.29, 0.717) is 16.6 Å². The molecule has 3 nitrogen and oxygen atoms in total. The van der Waals surface area contributed by atoms with Gasteiger partial charge in [0.2, 0.25) is 0 Å². The van der Waals surface area contributed by atoms with E-state index in [1.165, 1.54) is 25.7 Å². The van der Waals surface area contributed by atoms with Gasteiger partial charge in [0.1, 0.15) is 0 Å². The Bertz CT molecular complexity index is 624. The van der Waals surface area contributed by atoms with Crippen molar-refractivity contribution in [3.05, 3.63) is 29.4 Å². The van der Waals surface area contributed by atoms with Crippen molar-refractivity contribution in [1.82, 2.24) is 10.2 Å². The first kappa shape index (κ1) is 13.6. The zero-order valence-corrected chi connectivity index (χ0v) is 12.7. The van der Waals surface area contributed by atoms with Crippen LogP contribution in [0, 0.1) is 5.41 Å². The van der Waals surface area contributed by atoms with Gasteiger partial charge in [0, 0.05) is 16.8 Å². The second kappa shape index (κ2) is 5.21. The van der Waals surface area contributed by atoms with Crippen LogP contribution in [0.1, 0.15) is 39.5 Å². The molecule has 3 rings (SSSR count). The number of anilines is 1. The Morgan fingerprint density at radius 1 is 1.15 bits per heavy atom. The van der Waals surface area contributed by atoms with E-state index in [1.807, 2.05) is 24.3 Å². The minimum atomic E-state index is 0.292. The number of nitrogens with one attached hydrogen (secondary N) is 1. The van der Waals surface area contributed by atoms with Gasteiger partial charge in [-0.3, -0.25) is 0 Å². The topological polar surface area (TPSA) is 37.8 Å². The molecule has 1 aliphatic carbocycles. The van der Waals surface area contributed by atoms with Gasteiger partial charge >= 0.3 is 0 Å². The summed E-state index contributed by atoms with van der Waals surface area (Å²) in [5.41, 5.74) is 0.292. The van der Waals surface area contributed by atoms with Crippen LogP contribution >= 0.6 is 11.6 Å². The summed E-state index contributed by atoms with van der Waals surface area (Å²) >= 11 is 6.13. The van der Waals surface area contributed by atoms with Crippen molar-refractivity contribution in [2.24, 2.45) is 5.41 Å². The lowest BCUT2D eigenvalue weighted by atomic mass is 9.73. The smallest absolute Gasteiger partial charge is 0.159 e. The average Bonchev–Trinajstić information content (AvgIpc) is 2.44. The predicted molar refractivity (Wildman–Crippen MR) is 84.2 cm³/mol. The second-order valence-corrected chi connectivity index (χ2v) is 6.67. The maximum absolute atomic E-state index is 6.13. The summed E-state index contributed by atoms with van der Waals surface area (Å²) in [6.07, 6.45) is 5.04. The van der Waals surface area contributed by atoms with Crippen molar-refractivity contribution in [2.45, 2.75) is 45.6 Å². The monoisotopic (exact) mass is 289 g/mol. The Balaban J connectivity index is 1.97. The Kier molecular flexibility index (Phi) is 3.55. The van der Waals surface area contributed by atoms with Crippen molar-refractivity contribution < 1.29 is 0 Å². The predicted octanol–water partition coefficient (Wildman–Crippen LogP) is 4.66. The molecule has 0 saturated heterocycles. The van der Waals surface area contributed by atoms with Crippen LogP contribution in [0.4, 0.5) is 5.82 Å². The summed E-state index contributed by atoms with van der Waals surface area (Å²) < 4.78 is 0. The van der Waals surface area contributed by atoms with Crippen LogP contribution in [-0.4, -0.2) is 16.2 Å². The zero-order valence-electron chi connectivity index (χ0n) is 12.0. The van der Waals surface area contributed by atoms with Crippen LogP contribution in [0.3, 0.4) is 0 Å². The quantitative estimate of drug-likeness (QED) is 0.873. The number of nitrogens with zero attached hydrogens (tertiary/aromatic N) is 2. The molecule has 0 amide bonds. The highest BCUT2D eigenvalue weighted by Crippen LogP contribution is 2.38. The normalized spacial score (nSPS) is 21.9. The van der Waals surface area contributed by atoms with E-state index < -0.39 is 0 Å². The standard InChI is InChI=1S/C16H20ClN3/c1-16(2)10-6-5-9-13(16)18-15-12-8-4-3-7-11(12)14(17)19-20-15/h3-4,7-8,13H,5-6,9-10H2,1-2H3,(H,18,20). The largest absolute Gasteiger partial charge is 0.365 e. The molecule has 1 fully saturated rings. The summed E-state index contributed by atoms with van der Waals surface area (Å²) in [5.74, 6) is 0.852. The number of halogens is 1. The molecule has 1 unspecified atom stereocenters. The van der Waals surface area contributed by atoms with Gasteiger partial charge in [-0.15, -0.1) is 10.2 Å². The third-order valence-corrected chi connectivity index (χ3v) is 4.74. The Morgan fingerprint density at radius 3 is 2.65 bits per heavy atom. The van der Waals surface area contributed by atoms with Gasteiger partial charge in [0.05, 0.1) is 0 Å². The molecule has 1 heterocycles. The number of benzene rings is 1. The van der Waals surface area contributed by atoms with E-state index in [4.69, 9.17) is 11.6 Å². The van der Waals surface area contributed by atoms with Gasteiger partial charge in [-0.2, -0.15) is 0 Å². The number of hydrogen-bond acceptors (Lipinski definition) is 3. The molecule has 0 aliphatic heterocycles. The van der Waals surface area contributed by atoms with Crippen molar-refractivity contribution in [2.75, 3.05) is 5.32 Å². The fourth-order valence-corrected chi connectivity index (χ4v) is 3.31. The molecule has 1 N–H and O–H groups in total. The third kappa shape index (κ3) is 2.47. The van der Waals surface area contributed by atoms with Crippen LogP contribution in [0.15, 0.2) is 24.3 Å². The maximum Gasteiger partial charge on any atom is 0.159 e. The van der Waals surface area contributed by atoms with E-state index in [9.17, 15) is 0 Å². The minimum absolute atomic E-state index is 0.292. The van der Waals surface area contributed by atoms with E-state index in [0.717, 1.165) is 16.6 Å². The highest BCUT2D eigenvalue weighted by atomic mass is 35.5. The first-order valence-electron chi connectivity index (χ1n) is 7.25. The number of fused-ring (bicyclic) bond motifs is 1. The molecule has 2 aromatic rings. The highest BCUT2D eigenvalue weighted by Gasteiger charge is 2.32. The number of aromatic nitrogens is 2.